The fraction of sp³-hybridized carbons (Fsp3) is 0.320. The van der Waals surface area contributed by atoms with Crippen LogP contribution < -0.4 is 5.32 Å². The van der Waals surface area contributed by atoms with E-state index in [1.54, 1.807) is 12.1 Å². The molecule has 1 aliphatic rings. The first kappa shape index (κ1) is 23.0. The third-order valence-electron chi connectivity index (χ3n) is 6.12. The number of fused-ring (bicyclic) bond motifs is 1. The summed E-state index contributed by atoms with van der Waals surface area (Å²) in [5, 5.41) is 4.97. The van der Waals surface area contributed by atoms with E-state index in [-0.39, 0.29) is 23.3 Å². The van der Waals surface area contributed by atoms with E-state index in [9.17, 15) is 13.2 Å². The van der Waals surface area contributed by atoms with Crippen LogP contribution in [0.15, 0.2) is 64.0 Å². The Bertz CT molecular complexity index is 1270. The van der Waals surface area contributed by atoms with Crippen molar-refractivity contribution in [3.8, 4) is 0 Å². The zero-order chi connectivity index (χ0) is 22.9. The second-order valence-corrected chi connectivity index (χ2v) is 11.2. The van der Waals surface area contributed by atoms with E-state index in [0.29, 0.717) is 19.4 Å². The molecule has 0 radical (unpaired) electrons. The lowest BCUT2D eigenvalue weighted by Crippen LogP contribution is -2.43. The third-order valence-corrected chi connectivity index (χ3v) is 8.44. The van der Waals surface area contributed by atoms with Gasteiger partial charge in [0.1, 0.15) is 0 Å². The number of carbonyl (C=O) groups excluding carboxylic acids is 1. The highest BCUT2D eigenvalue weighted by Crippen LogP contribution is 2.30. The molecule has 1 aliphatic heterocycles. The molecule has 7 heteroatoms. The van der Waals surface area contributed by atoms with E-state index in [0.717, 1.165) is 38.5 Å². The number of halogens is 1. The molecule has 1 heterocycles. The molecule has 1 N–H and O–H groups in total. The minimum Gasteiger partial charge on any atom is -0.325 e. The zero-order valence-electron chi connectivity index (χ0n) is 18.3. The summed E-state index contributed by atoms with van der Waals surface area (Å²) in [6.45, 7) is 4.64. The van der Waals surface area contributed by atoms with Crippen LogP contribution in [0.25, 0.3) is 10.8 Å². The topological polar surface area (TPSA) is 66.5 Å². The molecule has 0 bridgehead atoms. The van der Waals surface area contributed by atoms with Gasteiger partial charge < -0.3 is 5.32 Å². The van der Waals surface area contributed by atoms with Gasteiger partial charge in [-0.1, -0.05) is 53.2 Å². The molecule has 1 amide bonds. The number of hydrogen-bond acceptors (Lipinski definition) is 3. The molecule has 1 unspecified atom stereocenters. The van der Waals surface area contributed by atoms with E-state index in [4.69, 9.17) is 0 Å². The summed E-state index contributed by atoms with van der Waals surface area (Å²) in [5.74, 6) is -0.504. The quantitative estimate of drug-likeness (QED) is 0.487. The molecule has 1 saturated heterocycles. The summed E-state index contributed by atoms with van der Waals surface area (Å²) in [4.78, 5) is 13.4. The Kier molecular flexibility index (Phi) is 6.70. The molecule has 4 rings (SSSR count). The van der Waals surface area contributed by atoms with Crippen LogP contribution in [-0.4, -0.2) is 31.7 Å². The van der Waals surface area contributed by atoms with Crippen molar-refractivity contribution >= 4 is 48.3 Å². The van der Waals surface area contributed by atoms with Gasteiger partial charge in [0.2, 0.25) is 15.9 Å². The van der Waals surface area contributed by atoms with Crippen LogP contribution in [0.2, 0.25) is 0 Å². The molecule has 3 aromatic rings. The number of piperidine rings is 1. The molecule has 0 aromatic heterocycles. The maximum absolute atomic E-state index is 13.3. The number of anilines is 1. The molecule has 0 aliphatic carbocycles. The van der Waals surface area contributed by atoms with Crippen molar-refractivity contribution in [2.75, 3.05) is 18.4 Å². The van der Waals surface area contributed by atoms with Gasteiger partial charge in [-0.15, -0.1) is 0 Å². The Morgan fingerprint density at radius 1 is 1.12 bits per heavy atom. The normalized spacial score (nSPS) is 17.4. The summed E-state index contributed by atoms with van der Waals surface area (Å²) in [6, 6.07) is 16.9. The van der Waals surface area contributed by atoms with E-state index in [1.807, 2.05) is 49.4 Å². The van der Waals surface area contributed by atoms with Gasteiger partial charge >= 0.3 is 0 Å². The van der Waals surface area contributed by atoms with Gasteiger partial charge in [-0.05, 0) is 72.4 Å². The smallest absolute Gasteiger partial charge is 0.243 e. The van der Waals surface area contributed by atoms with Crippen LogP contribution >= 0.6 is 15.9 Å². The number of hydrogen-bond donors (Lipinski definition) is 1. The standard InChI is InChI=1S/C25H27BrN2O3S/c1-3-18-14-22(26)13-17(2)24(18)27-25(29)21-9-6-12-28(16-21)32(30,31)23-11-10-19-7-4-5-8-20(19)15-23/h4-5,7-8,10-11,13-15,21H,3,6,9,12,16H2,1-2H3,(H,27,29). The first-order valence-corrected chi connectivity index (χ1v) is 13.1. The van der Waals surface area contributed by atoms with Gasteiger partial charge in [0.25, 0.3) is 0 Å². The summed E-state index contributed by atoms with van der Waals surface area (Å²) in [7, 11) is -3.67. The van der Waals surface area contributed by atoms with Crippen molar-refractivity contribution in [3.05, 3.63) is 70.2 Å². The largest absolute Gasteiger partial charge is 0.325 e. The predicted octanol–water partition coefficient (Wildman–Crippen LogP) is 5.51. The van der Waals surface area contributed by atoms with Gasteiger partial charge in [0.15, 0.2) is 0 Å². The van der Waals surface area contributed by atoms with Gasteiger partial charge in [-0.25, -0.2) is 8.42 Å². The highest BCUT2D eigenvalue weighted by molar-refractivity contribution is 9.10. The fourth-order valence-corrected chi connectivity index (χ4v) is 6.53. The number of sulfonamides is 1. The van der Waals surface area contributed by atoms with Crippen molar-refractivity contribution in [2.45, 2.75) is 38.0 Å². The lowest BCUT2D eigenvalue weighted by atomic mass is 9.98. The van der Waals surface area contributed by atoms with Crippen molar-refractivity contribution in [1.82, 2.24) is 4.31 Å². The number of nitrogens with one attached hydrogen (secondary N) is 1. The average Bonchev–Trinajstić information content (AvgIpc) is 2.80. The number of rotatable bonds is 5. The van der Waals surface area contributed by atoms with Crippen LogP contribution in [0, 0.1) is 12.8 Å². The van der Waals surface area contributed by atoms with Crippen molar-refractivity contribution in [1.29, 1.82) is 0 Å². The second-order valence-electron chi connectivity index (χ2n) is 8.31. The number of carbonyl (C=O) groups is 1. The molecule has 3 aromatic carbocycles. The minimum atomic E-state index is -3.67. The Morgan fingerprint density at radius 3 is 2.62 bits per heavy atom. The monoisotopic (exact) mass is 514 g/mol. The predicted molar refractivity (Wildman–Crippen MR) is 132 cm³/mol. The Labute approximate surface area is 198 Å². The Balaban J connectivity index is 1.54. The first-order chi connectivity index (χ1) is 15.3. The maximum Gasteiger partial charge on any atom is 0.243 e. The Morgan fingerprint density at radius 2 is 1.88 bits per heavy atom. The number of nitrogens with zero attached hydrogens (tertiary/aromatic N) is 1. The molecular formula is C25H27BrN2O3S. The number of benzene rings is 3. The molecule has 1 atom stereocenters. The average molecular weight is 515 g/mol. The Hall–Kier alpha value is -2.22. The van der Waals surface area contributed by atoms with Crippen LogP contribution in [0.1, 0.15) is 30.9 Å². The van der Waals surface area contributed by atoms with Crippen molar-refractivity contribution in [3.63, 3.8) is 0 Å². The lowest BCUT2D eigenvalue weighted by Gasteiger charge is -2.31. The third kappa shape index (κ3) is 4.60. The summed E-state index contributed by atoms with van der Waals surface area (Å²) >= 11 is 3.51. The van der Waals surface area contributed by atoms with Gasteiger partial charge in [0.05, 0.1) is 10.8 Å². The fourth-order valence-electron chi connectivity index (χ4n) is 4.35. The van der Waals surface area contributed by atoms with Crippen molar-refractivity contribution in [2.24, 2.45) is 5.92 Å². The summed E-state index contributed by atoms with van der Waals surface area (Å²) < 4.78 is 29.1. The molecule has 1 fully saturated rings. The zero-order valence-corrected chi connectivity index (χ0v) is 20.7. The van der Waals surface area contributed by atoms with E-state index < -0.39 is 10.0 Å². The van der Waals surface area contributed by atoms with Crippen LogP contribution in [0.5, 0.6) is 0 Å². The van der Waals surface area contributed by atoms with Gasteiger partial charge in [-0.2, -0.15) is 4.31 Å². The first-order valence-electron chi connectivity index (χ1n) is 10.9. The second kappa shape index (κ2) is 9.33. The SMILES string of the molecule is CCc1cc(Br)cc(C)c1NC(=O)C1CCCN(S(=O)(=O)c2ccc3ccccc3c2)C1. The number of amides is 1. The minimum absolute atomic E-state index is 0.122. The highest BCUT2D eigenvalue weighted by Gasteiger charge is 2.33. The van der Waals surface area contributed by atoms with E-state index >= 15 is 0 Å². The van der Waals surface area contributed by atoms with Gasteiger partial charge in [0, 0.05) is 23.2 Å². The van der Waals surface area contributed by atoms with Crippen LogP contribution in [-0.2, 0) is 21.2 Å². The van der Waals surface area contributed by atoms with E-state index in [2.05, 4.69) is 28.2 Å². The summed E-state index contributed by atoms with van der Waals surface area (Å²) in [6.07, 6.45) is 2.13. The van der Waals surface area contributed by atoms with E-state index in [1.165, 1.54) is 4.31 Å². The summed E-state index contributed by atoms with van der Waals surface area (Å²) in [5.41, 5.74) is 2.87. The van der Waals surface area contributed by atoms with Gasteiger partial charge in [-0.3, -0.25) is 4.79 Å². The molecule has 5 nitrogen and oxygen atoms in total. The maximum atomic E-state index is 13.3. The number of aryl methyl sites for hydroxylation is 2. The molecular weight excluding hydrogens is 488 g/mol. The highest BCUT2D eigenvalue weighted by atomic mass is 79.9. The molecule has 168 valence electrons. The van der Waals surface area contributed by atoms with Crippen LogP contribution in [0.4, 0.5) is 5.69 Å². The lowest BCUT2D eigenvalue weighted by molar-refractivity contribution is -0.120. The molecule has 0 saturated carbocycles. The molecule has 32 heavy (non-hydrogen) atoms. The van der Waals surface area contributed by atoms with Crippen LogP contribution in [0.3, 0.4) is 0 Å². The van der Waals surface area contributed by atoms with Crippen molar-refractivity contribution < 1.29 is 13.2 Å². The molecule has 0 spiro atoms.